The van der Waals surface area contributed by atoms with Crippen LogP contribution in [0.15, 0.2) is 23.0 Å². The van der Waals surface area contributed by atoms with Crippen LogP contribution in [0.25, 0.3) is 10.9 Å². The third-order valence-corrected chi connectivity index (χ3v) is 5.27. The Kier molecular flexibility index (Phi) is 5.38. The number of aryl methyl sites for hydroxylation is 1. The predicted molar refractivity (Wildman–Crippen MR) is 104 cm³/mol. The average molecular weight is 384 g/mol. The quantitative estimate of drug-likeness (QED) is 0.806. The van der Waals surface area contributed by atoms with Crippen LogP contribution in [0.2, 0.25) is 0 Å². The lowest BCUT2D eigenvalue weighted by atomic mass is 10.2. The normalized spacial score (nSPS) is 17.1. The number of rotatable bonds is 3. The van der Waals surface area contributed by atoms with E-state index in [1.165, 1.54) is 0 Å². The number of amides is 2. The number of nitrogens with one attached hydrogen (secondary N) is 1. The first-order valence-corrected chi connectivity index (χ1v) is 9.81. The number of anilines is 1. The van der Waals surface area contributed by atoms with Gasteiger partial charge in [0.05, 0.1) is 24.1 Å². The van der Waals surface area contributed by atoms with E-state index in [0.29, 0.717) is 49.4 Å². The highest BCUT2D eigenvalue weighted by molar-refractivity contribution is 6.04. The van der Waals surface area contributed by atoms with Crippen molar-refractivity contribution < 1.29 is 14.3 Å². The van der Waals surface area contributed by atoms with Crippen LogP contribution in [0, 0.1) is 0 Å². The van der Waals surface area contributed by atoms with Gasteiger partial charge in [-0.05, 0) is 31.0 Å². The number of nitrogens with zero attached hydrogens (tertiary/aromatic N) is 3. The molecular formula is C20H24N4O4. The summed E-state index contributed by atoms with van der Waals surface area (Å²) >= 11 is 0. The first kappa shape index (κ1) is 18.6. The summed E-state index contributed by atoms with van der Waals surface area (Å²) in [6.07, 6.45) is 3.70. The lowest BCUT2D eigenvalue weighted by molar-refractivity contribution is -0.138. The molecule has 0 radical (unpaired) electrons. The summed E-state index contributed by atoms with van der Waals surface area (Å²) in [5.74, 6) is 0.232. The van der Waals surface area contributed by atoms with Crippen LogP contribution in [0.5, 0.6) is 0 Å². The van der Waals surface area contributed by atoms with Gasteiger partial charge < -0.3 is 15.0 Å². The van der Waals surface area contributed by atoms with Crippen LogP contribution >= 0.6 is 0 Å². The Balaban J connectivity index is 1.51. The third-order valence-electron chi connectivity index (χ3n) is 5.27. The third kappa shape index (κ3) is 3.91. The minimum absolute atomic E-state index is 0.0672. The van der Waals surface area contributed by atoms with E-state index in [4.69, 9.17) is 4.74 Å². The molecule has 2 aliphatic heterocycles. The van der Waals surface area contributed by atoms with Crippen molar-refractivity contribution in [3.8, 4) is 0 Å². The number of ether oxygens (including phenoxy) is 1. The van der Waals surface area contributed by atoms with Gasteiger partial charge in [0.1, 0.15) is 12.2 Å². The number of aromatic nitrogens is 2. The summed E-state index contributed by atoms with van der Waals surface area (Å²) in [7, 11) is 0. The van der Waals surface area contributed by atoms with Crippen LogP contribution in [0.3, 0.4) is 0 Å². The highest BCUT2D eigenvalue weighted by atomic mass is 16.5. The molecule has 0 atom stereocenters. The highest BCUT2D eigenvalue weighted by Crippen LogP contribution is 2.18. The molecular weight excluding hydrogens is 360 g/mol. The standard InChI is InChI=1S/C20H24N4O4/c25-18(13-19(26)23-8-10-28-11-9-23)21-14-5-6-16-15(12-14)20(27)24-7-3-1-2-4-17(24)22-16/h5-6,12H,1-4,7-11,13H2,(H,21,25). The van der Waals surface area contributed by atoms with Gasteiger partial charge in [0, 0.05) is 31.7 Å². The van der Waals surface area contributed by atoms with Gasteiger partial charge in [0.25, 0.3) is 5.56 Å². The van der Waals surface area contributed by atoms with E-state index in [9.17, 15) is 14.4 Å². The molecule has 2 aliphatic rings. The zero-order chi connectivity index (χ0) is 19.5. The molecule has 0 bridgehead atoms. The Labute approximate surface area is 162 Å². The van der Waals surface area contributed by atoms with Crippen molar-refractivity contribution in [2.75, 3.05) is 31.6 Å². The van der Waals surface area contributed by atoms with Gasteiger partial charge >= 0.3 is 0 Å². The van der Waals surface area contributed by atoms with E-state index in [2.05, 4.69) is 10.3 Å². The van der Waals surface area contributed by atoms with E-state index < -0.39 is 5.91 Å². The summed E-state index contributed by atoms with van der Waals surface area (Å²) in [5.41, 5.74) is 1.07. The number of fused-ring (bicyclic) bond motifs is 2. The summed E-state index contributed by atoms with van der Waals surface area (Å²) in [5, 5.41) is 3.22. The molecule has 4 rings (SSSR count). The van der Waals surface area contributed by atoms with Crippen molar-refractivity contribution >= 4 is 28.4 Å². The van der Waals surface area contributed by atoms with Crippen molar-refractivity contribution in [2.45, 2.75) is 38.6 Å². The van der Waals surface area contributed by atoms with Gasteiger partial charge in [0.15, 0.2) is 0 Å². The summed E-state index contributed by atoms with van der Waals surface area (Å²) in [6.45, 7) is 2.70. The Morgan fingerprint density at radius 2 is 1.93 bits per heavy atom. The van der Waals surface area contributed by atoms with E-state index in [1.54, 1.807) is 27.7 Å². The summed E-state index contributed by atoms with van der Waals surface area (Å²) in [4.78, 5) is 43.6. The molecule has 3 heterocycles. The Bertz CT molecular complexity index is 963. The lowest BCUT2D eigenvalue weighted by Gasteiger charge is -2.26. The van der Waals surface area contributed by atoms with E-state index in [1.807, 2.05) is 0 Å². The molecule has 0 aliphatic carbocycles. The molecule has 0 saturated carbocycles. The maximum absolute atomic E-state index is 12.9. The Morgan fingerprint density at radius 1 is 1.11 bits per heavy atom. The number of hydrogen-bond acceptors (Lipinski definition) is 5. The average Bonchev–Trinajstić information content (AvgIpc) is 2.95. The lowest BCUT2D eigenvalue weighted by Crippen LogP contribution is -2.41. The molecule has 0 spiro atoms. The fourth-order valence-corrected chi connectivity index (χ4v) is 3.76. The van der Waals surface area contributed by atoms with Crippen LogP contribution in [-0.2, 0) is 27.3 Å². The van der Waals surface area contributed by atoms with Crippen molar-refractivity contribution in [3.63, 3.8) is 0 Å². The van der Waals surface area contributed by atoms with Crippen LogP contribution in [0.1, 0.15) is 31.5 Å². The van der Waals surface area contributed by atoms with Crippen molar-refractivity contribution in [1.29, 1.82) is 0 Å². The summed E-state index contributed by atoms with van der Waals surface area (Å²) in [6, 6.07) is 5.13. The molecule has 8 heteroatoms. The van der Waals surface area contributed by atoms with E-state index >= 15 is 0 Å². The molecule has 1 saturated heterocycles. The number of hydrogen-bond donors (Lipinski definition) is 1. The Morgan fingerprint density at radius 3 is 2.75 bits per heavy atom. The smallest absolute Gasteiger partial charge is 0.261 e. The number of carbonyl (C=O) groups excluding carboxylic acids is 2. The van der Waals surface area contributed by atoms with Crippen LogP contribution in [0.4, 0.5) is 5.69 Å². The fourth-order valence-electron chi connectivity index (χ4n) is 3.76. The molecule has 28 heavy (non-hydrogen) atoms. The fraction of sp³-hybridized carbons (Fsp3) is 0.500. The van der Waals surface area contributed by atoms with Gasteiger partial charge in [-0.25, -0.2) is 4.98 Å². The molecule has 1 aromatic carbocycles. The largest absolute Gasteiger partial charge is 0.378 e. The highest BCUT2D eigenvalue weighted by Gasteiger charge is 2.20. The number of benzene rings is 1. The second kappa shape index (κ2) is 8.10. The summed E-state index contributed by atoms with van der Waals surface area (Å²) < 4.78 is 6.97. The predicted octanol–water partition coefficient (Wildman–Crippen LogP) is 1.31. The minimum Gasteiger partial charge on any atom is -0.378 e. The van der Waals surface area contributed by atoms with Crippen molar-refractivity contribution in [2.24, 2.45) is 0 Å². The van der Waals surface area contributed by atoms with E-state index in [0.717, 1.165) is 31.5 Å². The second-order valence-electron chi connectivity index (χ2n) is 7.25. The van der Waals surface area contributed by atoms with Crippen LogP contribution in [-0.4, -0.2) is 52.6 Å². The van der Waals surface area contributed by atoms with Crippen molar-refractivity contribution in [3.05, 3.63) is 34.4 Å². The van der Waals surface area contributed by atoms with Gasteiger partial charge in [-0.1, -0.05) is 6.42 Å². The van der Waals surface area contributed by atoms with Crippen LogP contribution < -0.4 is 10.9 Å². The van der Waals surface area contributed by atoms with Gasteiger partial charge in [-0.2, -0.15) is 0 Å². The topological polar surface area (TPSA) is 93.5 Å². The monoisotopic (exact) mass is 384 g/mol. The molecule has 1 N–H and O–H groups in total. The first-order chi connectivity index (χ1) is 13.6. The molecule has 1 fully saturated rings. The number of morpholine rings is 1. The molecule has 2 amide bonds. The first-order valence-electron chi connectivity index (χ1n) is 9.81. The SMILES string of the molecule is O=C(CC(=O)N1CCOCC1)Nc1ccc2nc3n(c(=O)c2c1)CCCCC3. The molecule has 0 unspecified atom stereocenters. The Hall–Kier alpha value is -2.74. The zero-order valence-electron chi connectivity index (χ0n) is 15.8. The molecule has 2 aromatic rings. The molecule has 8 nitrogen and oxygen atoms in total. The zero-order valence-corrected chi connectivity index (χ0v) is 15.8. The maximum Gasteiger partial charge on any atom is 0.261 e. The minimum atomic E-state index is -0.390. The van der Waals surface area contributed by atoms with Gasteiger partial charge in [-0.15, -0.1) is 0 Å². The number of carbonyl (C=O) groups is 2. The molecule has 1 aromatic heterocycles. The maximum atomic E-state index is 12.9. The molecule has 148 valence electrons. The second-order valence-corrected chi connectivity index (χ2v) is 7.25. The van der Waals surface area contributed by atoms with Gasteiger partial charge in [0.2, 0.25) is 11.8 Å². The van der Waals surface area contributed by atoms with Gasteiger partial charge in [-0.3, -0.25) is 19.0 Å². The van der Waals surface area contributed by atoms with Crippen molar-refractivity contribution in [1.82, 2.24) is 14.5 Å². The van der Waals surface area contributed by atoms with E-state index in [-0.39, 0.29) is 17.9 Å².